The standard InChI is InChI=1S/C36H29N3O3S2/c40-34(39-32-17-6-4-10-25(32)19-20-26-11-5-7-18-33(26)39)24-44-29-15-8-14-28(22-29)37-36(42)31(23-30-16-9-21-43-30)38-35(41)27-12-2-1-3-13-27/h1-18,21-23H,19-20,24H2,(H,37,42)(H,38,41)/b31-23-. The SMILES string of the molecule is O=C(Nc1cccc(SCC(=O)N2c3ccccc3CCc3ccccc32)c1)/C(=C/c1cccs1)NC(=O)c1ccccc1. The van der Waals surface area contributed by atoms with Crippen molar-refractivity contribution in [2.24, 2.45) is 0 Å². The van der Waals surface area contributed by atoms with Gasteiger partial charge in [-0.05, 0) is 84.0 Å². The molecule has 0 radical (unpaired) electrons. The van der Waals surface area contributed by atoms with Crippen LogP contribution in [0, 0.1) is 0 Å². The van der Waals surface area contributed by atoms with E-state index in [0.29, 0.717) is 11.3 Å². The van der Waals surface area contributed by atoms with E-state index >= 15 is 0 Å². The first kappa shape index (κ1) is 29.2. The molecule has 0 spiro atoms. The topological polar surface area (TPSA) is 78.5 Å². The fraction of sp³-hybridized carbons (Fsp3) is 0.0833. The number of rotatable bonds is 8. The summed E-state index contributed by atoms with van der Waals surface area (Å²) in [7, 11) is 0. The van der Waals surface area contributed by atoms with Crippen LogP contribution < -0.4 is 15.5 Å². The van der Waals surface area contributed by atoms with Gasteiger partial charge in [0.2, 0.25) is 5.91 Å². The number of thioether (sulfide) groups is 1. The van der Waals surface area contributed by atoms with Crippen LogP contribution in [0.5, 0.6) is 0 Å². The molecule has 2 N–H and O–H groups in total. The molecular weight excluding hydrogens is 587 g/mol. The molecule has 8 heteroatoms. The zero-order valence-electron chi connectivity index (χ0n) is 23.7. The number of fused-ring (bicyclic) bond motifs is 2. The number of hydrogen-bond donors (Lipinski definition) is 2. The summed E-state index contributed by atoms with van der Waals surface area (Å²) >= 11 is 2.88. The molecule has 5 aromatic rings. The Hall–Kier alpha value is -4.92. The number of nitrogens with zero attached hydrogens (tertiary/aromatic N) is 1. The average molecular weight is 616 g/mol. The van der Waals surface area contributed by atoms with Crippen LogP contribution in [0.1, 0.15) is 26.4 Å². The van der Waals surface area contributed by atoms with Crippen LogP contribution in [-0.2, 0) is 22.4 Å². The van der Waals surface area contributed by atoms with Gasteiger partial charge in [-0.2, -0.15) is 0 Å². The Balaban J connectivity index is 1.17. The first-order valence-electron chi connectivity index (χ1n) is 14.2. The van der Waals surface area contributed by atoms with Crippen LogP contribution in [0.4, 0.5) is 17.1 Å². The molecule has 4 aromatic carbocycles. The first-order chi connectivity index (χ1) is 21.5. The van der Waals surface area contributed by atoms with E-state index in [1.54, 1.807) is 36.4 Å². The number of para-hydroxylation sites is 2. The summed E-state index contributed by atoms with van der Waals surface area (Å²) in [5.41, 5.74) is 5.29. The molecular formula is C36H29N3O3S2. The third-order valence-electron chi connectivity index (χ3n) is 7.19. The number of nitrogens with one attached hydrogen (secondary N) is 2. The number of aryl methyl sites for hydroxylation is 2. The zero-order valence-corrected chi connectivity index (χ0v) is 25.4. The maximum absolute atomic E-state index is 13.8. The first-order valence-corrected chi connectivity index (χ1v) is 16.1. The van der Waals surface area contributed by atoms with Crippen LogP contribution in [0.2, 0.25) is 0 Å². The van der Waals surface area contributed by atoms with Crippen molar-refractivity contribution in [3.63, 3.8) is 0 Å². The number of amides is 3. The highest BCUT2D eigenvalue weighted by molar-refractivity contribution is 8.00. The molecule has 0 bridgehead atoms. The van der Waals surface area contributed by atoms with Gasteiger partial charge in [0.05, 0.1) is 17.1 Å². The third-order valence-corrected chi connectivity index (χ3v) is 8.99. The van der Waals surface area contributed by atoms with Crippen molar-refractivity contribution in [3.05, 3.63) is 148 Å². The van der Waals surface area contributed by atoms with E-state index in [1.165, 1.54) is 23.1 Å². The summed E-state index contributed by atoms with van der Waals surface area (Å²) in [6.45, 7) is 0. The second-order valence-corrected chi connectivity index (χ2v) is 12.2. The Morgan fingerprint density at radius 1 is 0.773 bits per heavy atom. The van der Waals surface area contributed by atoms with Crippen LogP contribution in [0.25, 0.3) is 6.08 Å². The number of carbonyl (C=O) groups excluding carboxylic acids is 3. The summed E-state index contributed by atoms with van der Waals surface area (Å²) in [6.07, 6.45) is 3.41. The van der Waals surface area contributed by atoms with E-state index in [4.69, 9.17) is 0 Å². The minimum atomic E-state index is -0.446. The largest absolute Gasteiger partial charge is 0.321 e. The third kappa shape index (κ3) is 6.83. The molecule has 0 fully saturated rings. The maximum Gasteiger partial charge on any atom is 0.272 e. The summed E-state index contributed by atoms with van der Waals surface area (Å²) in [5.74, 6) is -0.616. The van der Waals surface area contributed by atoms with E-state index in [9.17, 15) is 14.4 Å². The van der Waals surface area contributed by atoms with Gasteiger partial charge in [-0.1, -0.05) is 66.7 Å². The van der Waals surface area contributed by atoms with E-state index < -0.39 is 5.91 Å². The molecule has 1 aliphatic heterocycles. The lowest BCUT2D eigenvalue weighted by Gasteiger charge is -2.25. The van der Waals surface area contributed by atoms with Crippen molar-refractivity contribution in [2.75, 3.05) is 16.0 Å². The van der Waals surface area contributed by atoms with Crippen LogP contribution in [0.15, 0.2) is 131 Å². The molecule has 0 saturated heterocycles. The predicted octanol–water partition coefficient (Wildman–Crippen LogP) is 7.71. The molecule has 0 saturated carbocycles. The van der Waals surface area contributed by atoms with Gasteiger partial charge in [0.1, 0.15) is 5.70 Å². The molecule has 1 aromatic heterocycles. The van der Waals surface area contributed by atoms with Gasteiger partial charge >= 0.3 is 0 Å². The summed E-state index contributed by atoms with van der Waals surface area (Å²) < 4.78 is 0. The zero-order chi connectivity index (χ0) is 30.3. The van der Waals surface area contributed by atoms with E-state index in [1.807, 2.05) is 83.1 Å². The van der Waals surface area contributed by atoms with Crippen molar-refractivity contribution >= 4 is 64.0 Å². The van der Waals surface area contributed by atoms with Crippen LogP contribution >= 0.6 is 23.1 Å². The Bertz CT molecular complexity index is 1790. The molecule has 2 heterocycles. The number of carbonyl (C=O) groups is 3. The van der Waals surface area contributed by atoms with Crippen molar-refractivity contribution in [2.45, 2.75) is 17.7 Å². The second kappa shape index (κ2) is 13.6. The van der Waals surface area contributed by atoms with Gasteiger partial charge in [0.25, 0.3) is 11.8 Å². The van der Waals surface area contributed by atoms with Crippen molar-refractivity contribution < 1.29 is 14.4 Å². The highest BCUT2D eigenvalue weighted by Crippen LogP contribution is 2.37. The van der Waals surface area contributed by atoms with Crippen molar-refractivity contribution in [1.82, 2.24) is 5.32 Å². The molecule has 0 atom stereocenters. The van der Waals surface area contributed by atoms with Gasteiger partial charge in [0, 0.05) is 21.0 Å². The van der Waals surface area contributed by atoms with Crippen LogP contribution in [0.3, 0.4) is 0 Å². The quantitative estimate of drug-likeness (QED) is 0.138. The fourth-order valence-electron chi connectivity index (χ4n) is 5.08. The Labute approximate surface area is 264 Å². The van der Waals surface area contributed by atoms with Crippen molar-refractivity contribution in [1.29, 1.82) is 0 Å². The van der Waals surface area contributed by atoms with Gasteiger partial charge in [0.15, 0.2) is 0 Å². The monoisotopic (exact) mass is 615 g/mol. The summed E-state index contributed by atoms with van der Waals surface area (Å²) in [4.78, 5) is 43.6. The number of benzene rings is 4. The lowest BCUT2D eigenvalue weighted by Crippen LogP contribution is -2.30. The molecule has 6 nitrogen and oxygen atoms in total. The molecule has 6 rings (SSSR count). The summed E-state index contributed by atoms with van der Waals surface area (Å²) in [5, 5.41) is 7.58. The average Bonchev–Trinajstić information content (AvgIpc) is 3.51. The van der Waals surface area contributed by atoms with Gasteiger partial charge in [-0.15, -0.1) is 23.1 Å². The molecule has 0 unspecified atom stereocenters. The summed E-state index contributed by atoms with van der Waals surface area (Å²) in [6, 6.07) is 36.1. The normalized spacial score (nSPS) is 12.5. The lowest BCUT2D eigenvalue weighted by atomic mass is 10.0. The van der Waals surface area contributed by atoms with Gasteiger partial charge in [-0.25, -0.2) is 0 Å². The molecule has 1 aliphatic rings. The highest BCUT2D eigenvalue weighted by Gasteiger charge is 2.25. The van der Waals surface area contributed by atoms with Crippen molar-refractivity contribution in [3.8, 4) is 0 Å². The molecule has 3 amide bonds. The number of thiophene rings is 1. The Kier molecular flexibility index (Phi) is 9.01. The van der Waals surface area contributed by atoms with E-state index in [-0.39, 0.29) is 23.3 Å². The minimum absolute atomic E-state index is 0.0176. The second-order valence-electron chi connectivity index (χ2n) is 10.2. The minimum Gasteiger partial charge on any atom is -0.321 e. The fourth-order valence-corrected chi connectivity index (χ4v) is 6.54. The van der Waals surface area contributed by atoms with Gasteiger partial charge in [-0.3, -0.25) is 19.3 Å². The predicted molar refractivity (Wildman–Crippen MR) is 179 cm³/mol. The smallest absolute Gasteiger partial charge is 0.272 e. The maximum atomic E-state index is 13.8. The molecule has 0 aliphatic carbocycles. The molecule has 218 valence electrons. The highest BCUT2D eigenvalue weighted by atomic mass is 32.2. The molecule has 44 heavy (non-hydrogen) atoms. The van der Waals surface area contributed by atoms with Gasteiger partial charge < -0.3 is 10.6 Å². The Morgan fingerprint density at radius 3 is 2.14 bits per heavy atom. The van der Waals surface area contributed by atoms with Crippen LogP contribution in [-0.4, -0.2) is 23.5 Å². The Morgan fingerprint density at radius 2 is 1.45 bits per heavy atom. The lowest BCUT2D eigenvalue weighted by molar-refractivity contribution is -0.115. The van der Waals surface area contributed by atoms with E-state index in [0.717, 1.165) is 45.1 Å². The number of anilines is 3. The number of hydrogen-bond acceptors (Lipinski definition) is 5. The van der Waals surface area contributed by atoms with E-state index in [2.05, 4.69) is 22.8 Å².